The van der Waals surface area contributed by atoms with E-state index >= 15 is 0 Å². The van der Waals surface area contributed by atoms with Crippen LogP contribution in [0.15, 0.2) is 18.2 Å². The number of halogens is 1. The highest BCUT2D eigenvalue weighted by Gasteiger charge is 2.26. The molecule has 0 saturated carbocycles. The van der Waals surface area contributed by atoms with E-state index in [2.05, 4.69) is 44.9 Å². The van der Waals surface area contributed by atoms with Gasteiger partial charge in [0, 0.05) is 10.6 Å². The molecule has 104 valence electrons. The Labute approximate surface area is 124 Å². The fourth-order valence-corrected chi connectivity index (χ4v) is 3.80. The molecule has 4 heteroatoms. The van der Waals surface area contributed by atoms with Crippen LogP contribution >= 0.6 is 22.9 Å². The molecule has 0 saturated heterocycles. The largest absolute Gasteiger partial charge is 0.357 e. The molecule has 0 aliphatic carbocycles. The van der Waals surface area contributed by atoms with Gasteiger partial charge in [0.1, 0.15) is 0 Å². The third-order valence-corrected chi connectivity index (χ3v) is 3.95. The summed E-state index contributed by atoms with van der Waals surface area (Å²) in [5.41, 5.74) is 1.28. The van der Waals surface area contributed by atoms with Gasteiger partial charge in [-0.05, 0) is 43.9 Å². The van der Waals surface area contributed by atoms with E-state index < -0.39 is 0 Å². The molecule has 0 aliphatic rings. The quantitative estimate of drug-likeness (QED) is 0.800. The van der Waals surface area contributed by atoms with E-state index in [9.17, 15) is 0 Å². The summed E-state index contributed by atoms with van der Waals surface area (Å²) in [5, 5.41) is 5.25. The van der Waals surface area contributed by atoms with Crippen LogP contribution in [0, 0.1) is 5.41 Å². The number of anilines is 1. The Hall–Kier alpha value is -0.800. The maximum absolute atomic E-state index is 5.99. The summed E-state index contributed by atoms with van der Waals surface area (Å²) >= 11 is 7.67. The van der Waals surface area contributed by atoms with Crippen molar-refractivity contribution >= 4 is 38.3 Å². The lowest BCUT2D eigenvalue weighted by atomic mass is 9.82. The molecule has 1 aromatic heterocycles. The summed E-state index contributed by atoms with van der Waals surface area (Å²) in [6, 6.07) is 5.85. The molecule has 0 atom stereocenters. The fourth-order valence-electron chi connectivity index (χ4n) is 2.61. The van der Waals surface area contributed by atoms with E-state index in [-0.39, 0.29) is 11.0 Å². The molecule has 1 aromatic carbocycles. The molecule has 1 heterocycles. The summed E-state index contributed by atoms with van der Waals surface area (Å²) in [5.74, 6) is 0. The third-order valence-electron chi connectivity index (χ3n) is 2.77. The van der Waals surface area contributed by atoms with Crippen molar-refractivity contribution < 1.29 is 0 Å². The number of rotatable bonds is 3. The monoisotopic (exact) mass is 296 g/mol. The number of aromatic nitrogens is 1. The molecule has 2 rings (SSSR count). The van der Waals surface area contributed by atoms with Crippen molar-refractivity contribution in [3.05, 3.63) is 23.2 Å². The summed E-state index contributed by atoms with van der Waals surface area (Å²) in [6.45, 7) is 11.2. The molecule has 0 fully saturated rings. The van der Waals surface area contributed by atoms with Crippen LogP contribution in [0.1, 0.15) is 41.0 Å². The molecule has 19 heavy (non-hydrogen) atoms. The van der Waals surface area contributed by atoms with Crippen molar-refractivity contribution in [3.63, 3.8) is 0 Å². The average Bonchev–Trinajstić information content (AvgIpc) is 2.53. The van der Waals surface area contributed by atoms with Crippen LogP contribution in [0.25, 0.3) is 10.2 Å². The van der Waals surface area contributed by atoms with E-state index in [0.717, 1.165) is 22.1 Å². The molecule has 0 aliphatic heterocycles. The molecule has 1 N–H and O–H groups in total. The number of hydrogen-bond donors (Lipinski definition) is 1. The minimum atomic E-state index is 0.0237. The lowest BCUT2D eigenvalue weighted by molar-refractivity contribution is 0.302. The molecule has 0 unspecified atom stereocenters. The van der Waals surface area contributed by atoms with Gasteiger partial charge >= 0.3 is 0 Å². The Morgan fingerprint density at radius 3 is 2.53 bits per heavy atom. The Bertz CT molecular complexity index is 581. The maximum Gasteiger partial charge on any atom is 0.184 e. The Kier molecular flexibility index (Phi) is 3.80. The van der Waals surface area contributed by atoms with Gasteiger partial charge in [0.15, 0.2) is 5.13 Å². The van der Waals surface area contributed by atoms with Crippen LogP contribution in [-0.4, -0.2) is 10.5 Å². The van der Waals surface area contributed by atoms with Gasteiger partial charge in [-0.15, -0.1) is 0 Å². The Balaban J connectivity index is 2.21. The third kappa shape index (κ3) is 4.08. The minimum Gasteiger partial charge on any atom is -0.357 e. The number of benzene rings is 1. The van der Waals surface area contributed by atoms with Crippen molar-refractivity contribution in [1.82, 2.24) is 4.98 Å². The summed E-state index contributed by atoms with van der Waals surface area (Å²) < 4.78 is 1.17. The van der Waals surface area contributed by atoms with E-state index in [4.69, 9.17) is 11.6 Å². The molecular weight excluding hydrogens is 276 g/mol. The van der Waals surface area contributed by atoms with Crippen LogP contribution < -0.4 is 5.32 Å². The zero-order valence-corrected chi connectivity index (χ0v) is 13.7. The lowest BCUT2D eigenvalue weighted by Gasteiger charge is -2.33. The van der Waals surface area contributed by atoms with E-state index in [0.29, 0.717) is 0 Å². The second-order valence-electron chi connectivity index (χ2n) is 6.88. The molecule has 2 aromatic rings. The van der Waals surface area contributed by atoms with Crippen molar-refractivity contribution in [2.45, 2.75) is 46.6 Å². The zero-order valence-electron chi connectivity index (χ0n) is 12.2. The Morgan fingerprint density at radius 1 is 1.21 bits per heavy atom. The highest BCUT2D eigenvalue weighted by atomic mass is 35.5. The van der Waals surface area contributed by atoms with Gasteiger partial charge in [0.25, 0.3) is 0 Å². The lowest BCUT2D eigenvalue weighted by Crippen LogP contribution is -2.35. The predicted octanol–water partition coefficient (Wildman–Crippen LogP) is 5.58. The normalized spacial score (nSPS) is 12.9. The average molecular weight is 297 g/mol. The summed E-state index contributed by atoms with van der Waals surface area (Å²) in [6.07, 6.45) is 1.08. The second-order valence-corrected chi connectivity index (χ2v) is 8.34. The van der Waals surface area contributed by atoms with Gasteiger partial charge in [-0.2, -0.15) is 0 Å². The van der Waals surface area contributed by atoms with Crippen LogP contribution in [0.5, 0.6) is 0 Å². The SMILES string of the molecule is CC(C)(C)CC(C)(C)Nc1nc2cc(Cl)ccc2s1. The Morgan fingerprint density at radius 2 is 1.89 bits per heavy atom. The number of nitrogens with zero attached hydrogens (tertiary/aromatic N) is 1. The highest BCUT2D eigenvalue weighted by molar-refractivity contribution is 7.22. The van der Waals surface area contributed by atoms with Crippen molar-refractivity contribution in [1.29, 1.82) is 0 Å². The predicted molar refractivity (Wildman–Crippen MR) is 86.4 cm³/mol. The maximum atomic E-state index is 5.99. The van der Waals surface area contributed by atoms with Crippen LogP contribution in [-0.2, 0) is 0 Å². The topological polar surface area (TPSA) is 24.9 Å². The van der Waals surface area contributed by atoms with Gasteiger partial charge in [0.2, 0.25) is 0 Å². The first-order valence-electron chi connectivity index (χ1n) is 6.49. The van der Waals surface area contributed by atoms with E-state index in [1.54, 1.807) is 11.3 Å². The van der Waals surface area contributed by atoms with Gasteiger partial charge in [0.05, 0.1) is 10.2 Å². The minimum absolute atomic E-state index is 0.0237. The second kappa shape index (κ2) is 4.95. The van der Waals surface area contributed by atoms with Gasteiger partial charge in [-0.1, -0.05) is 43.7 Å². The number of hydrogen-bond acceptors (Lipinski definition) is 3. The van der Waals surface area contributed by atoms with Gasteiger partial charge in [-0.25, -0.2) is 4.98 Å². The standard InChI is InChI=1S/C15H21ClN2S/c1-14(2,3)9-15(4,5)18-13-17-11-8-10(16)6-7-12(11)19-13/h6-8H,9H2,1-5H3,(H,17,18). The van der Waals surface area contributed by atoms with E-state index in [1.807, 2.05) is 18.2 Å². The first-order chi connectivity index (χ1) is 8.65. The molecule has 0 radical (unpaired) electrons. The fraction of sp³-hybridized carbons (Fsp3) is 0.533. The first kappa shape index (κ1) is 14.6. The molecule has 0 amide bonds. The van der Waals surface area contributed by atoms with Crippen LogP contribution in [0.4, 0.5) is 5.13 Å². The molecule has 2 nitrogen and oxygen atoms in total. The van der Waals surface area contributed by atoms with Gasteiger partial charge < -0.3 is 5.32 Å². The smallest absolute Gasteiger partial charge is 0.184 e. The molecular formula is C15H21ClN2S. The van der Waals surface area contributed by atoms with Crippen LogP contribution in [0.3, 0.4) is 0 Å². The molecule has 0 spiro atoms. The number of fused-ring (bicyclic) bond motifs is 1. The number of thiazole rings is 1. The zero-order chi connectivity index (χ0) is 14.3. The van der Waals surface area contributed by atoms with Gasteiger partial charge in [-0.3, -0.25) is 0 Å². The first-order valence-corrected chi connectivity index (χ1v) is 7.68. The summed E-state index contributed by atoms with van der Waals surface area (Å²) in [7, 11) is 0. The summed E-state index contributed by atoms with van der Waals surface area (Å²) in [4.78, 5) is 4.61. The highest BCUT2D eigenvalue weighted by Crippen LogP contribution is 2.33. The molecule has 0 bridgehead atoms. The van der Waals surface area contributed by atoms with Crippen molar-refractivity contribution in [3.8, 4) is 0 Å². The van der Waals surface area contributed by atoms with Crippen molar-refractivity contribution in [2.24, 2.45) is 5.41 Å². The van der Waals surface area contributed by atoms with Crippen LogP contribution in [0.2, 0.25) is 5.02 Å². The van der Waals surface area contributed by atoms with Crippen molar-refractivity contribution in [2.75, 3.05) is 5.32 Å². The van der Waals surface area contributed by atoms with E-state index in [1.165, 1.54) is 4.70 Å². The number of nitrogens with one attached hydrogen (secondary N) is 1.